The van der Waals surface area contributed by atoms with Crippen molar-refractivity contribution in [2.24, 2.45) is 0 Å². The van der Waals surface area contributed by atoms with Gasteiger partial charge in [0.25, 0.3) is 0 Å². The van der Waals surface area contributed by atoms with Crippen molar-refractivity contribution in [3.8, 4) is 67.0 Å². The largest absolute Gasteiger partial charge is 0.308 e. The minimum Gasteiger partial charge on any atom is -0.308 e. The molecule has 0 spiro atoms. The molecule has 380 valence electrons. The summed E-state index contributed by atoms with van der Waals surface area (Å²) in [6.07, 6.45) is 0. The third-order valence-corrected chi connectivity index (χ3v) is 20.2. The summed E-state index contributed by atoms with van der Waals surface area (Å²) in [6.45, 7) is 0. The number of nitrogens with zero attached hydrogens (tertiary/aromatic N) is 2. The van der Waals surface area contributed by atoms with Gasteiger partial charge in [0.2, 0.25) is 0 Å². The highest BCUT2D eigenvalue weighted by Crippen LogP contribution is 2.45. The molecule has 0 unspecified atom stereocenters. The van der Waals surface area contributed by atoms with Crippen molar-refractivity contribution in [3.63, 3.8) is 0 Å². The molecule has 0 fully saturated rings. The van der Waals surface area contributed by atoms with Crippen LogP contribution in [0.4, 0.5) is 0 Å². The van der Waals surface area contributed by atoms with Crippen LogP contribution in [0, 0.1) is 0 Å². The molecule has 0 amide bonds. The van der Waals surface area contributed by atoms with Gasteiger partial charge in [0.1, 0.15) is 0 Å². The lowest BCUT2D eigenvalue weighted by atomic mass is 9.95. The molecule has 0 bridgehead atoms. The molecule has 13 aromatic carbocycles. The Morgan fingerprint density at radius 1 is 0.235 bits per heavy atom. The SMILES string of the molecule is [2H]c1c([2H])c([2H])c(-c2cccc(-c3c([2H])c([2H])c([2H])c([2H])c3[2H])c2-n2c3ccccc3c3cc(-c4ccc5c(c4)c4ccccc4n5-c4c(-c5c([2H])c([2H])c([2H])c([2H])c5[2H])cc([Si](c5ccccc5)(c5ccccc5)c5ccccc5)cc4-c4c([2H])c([2H])c([2H])c([2H])c4[2H])ccc32)c([2H])c1[2H]. The van der Waals surface area contributed by atoms with E-state index in [1.165, 1.54) is 0 Å². The second-order valence-electron chi connectivity index (χ2n) is 19.6. The number of benzene rings is 13. The van der Waals surface area contributed by atoms with Crippen LogP contribution in [0.3, 0.4) is 0 Å². The van der Waals surface area contributed by atoms with Crippen molar-refractivity contribution in [1.29, 1.82) is 0 Å². The van der Waals surface area contributed by atoms with Crippen LogP contribution >= 0.6 is 0 Å². The zero-order chi connectivity index (χ0) is 71.1. The van der Waals surface area contributed by atoms with Crippen LogP contribution < -0.4 is 20.7 Å². The van der Waals surface area contributed by atoms with Crippen molar-refractivity contribution in [2.75, 3.05) is 0 Å². The minimum absolute atomic E-state index is 0.123. The van der Waals surface area contributed by atoms with Crippen molar-refractivity contribution < 1.29 is 27.4 Å². The zero-order valence-electron chi connectivity index (χ0n) is 63.0. The van der Waals surface area contributed by atoms with Gasteiger partial charge in [0.15, 0.2) is 8.07 Å². The molecular weight excluding hydrogens is 993 g/mol. The highest BCUT2D eigenvalue weighted by molar-refractivity contribution is 7.20. The maximum atomic E-state index is 9.85. The number of aromatic nitrogens is 2. The molecule has 15 aromatic rings. The van der Waals surface area contributed by atoms with Gasteiger partial charge < -0.3 is 9.13 Å². The zero-order valence-corrected chi connectivity index (χ0v) is 44.0. The lowest BCUT2D eigenvalue weighted by Gasteiger charge is -2.36. The second kappa shape index (κ2) is 20.2. The average molecular weight is 1070 g/mol. The summed E-state index contributed by atoms with van der Waals surface area (Å²) in [5.41, 5.74) is 3.74. The smallest absolute Gasteiger partial charge is 0.179 e. The van der Waals surface area contributed by atoms with Gasteiger partial charge in [0, 0.05) is 43.8 Å². The van der Waals surface area contributed by atoms with Gasteiger partial charge in [-0.1, -0.05) is 291 Å². The Labute approximate surface area is 501 Å². The lowest BCUT2D eigenvalue weighted by Crippen LogP contribution is -2.74. The summed E-state index contributed by atoms with van der Waals surface area (Å²) >= 11 is 0. The van der Waals surface area contributed by atoms with E-state index in [1.54, 1.807) is 18.2 Å². The van der Waals surface area contributed by atoms with Crippen molar-refractivity contribution in [1.82, 2.24) is 9.13 Å². The molecule has 2 aromatic heterocycles. The molecule has 0 saturated heterocycles. The fourth-order valence-corrected chi connectivity index (χ4v) is 16.8. The average Bonchev–Trinajstić information content (AvgIpc) is 1.65. The molecule has 0 radical (unpaired) electrons. The molecule has 0 aliphatic heterocycles. The third-order valence-electron chi connectivity index (χ3n) is 15.4. The van der Waals surface area contributed by atoms with Gasteiger partial charge in [-0.05, 0) is 90.5 Å². The van der Waals surface area contributed by atoms with E-state index in [0.717, 1.165) is 15.6 Å². The number of para-hydroxylation sites is 3. The normalized spacial score (nSPS) is 15.2. The predicted molar refractivity (Wildman–Crippen MR) is 346 cm³/mol. The summed E-state index contributed by atoms with van der Waals surface area (Å²) in [6, 6.07) is 53.1. The van der Waals surface area contributed by atoms with Crippen molar-refractivity contribution >= 4 is 72.4 Å². The predicted octanol–water partition coefficient (Wildman–Crippen LogP) is 17.6. The van der Waals surface area contributed by atoms with Gasteiger partial charge in [-0.25, -0.2) is 0 Å². The van der Waals surface area contributed by atoms with Crippen LogP contribution in [0.15, 0.2) is 327 Å². The highest BCUT2D eigenvalue weighted by Gasteiger charge is 2.42. The monoisotopic (exact) mass is 1070 g/mol. The molecule has 2 heterocycles. The summed E-state index contributed by atoms with van der Waals surface area (Å²) in [4.78, 5) is 0. The standard InChI is InChI=1S/C78H54N2Si/c1-8-27-55(28-9-1)65-43-26-44-66(56-29-10-2-11-30-56)77(65)79-73-45-24-22-41-67(73)71-51-59(47-49-75(71)79)60-48-50-76-72(52-60)68-42-23-25-46-74(68)80(76)78-69(57-31-12-3-13-32-57)53-64(54-70(78)58-33-14-4-15-34-58)81(61-35-16-5-17-36-61,62-37-18-6-19-38-62)63-39-20-7-21-40-63/h1-54H/i1D,2D,3D,4D,8D,9D,10D,11D,12D,13D,14D,15D,27D,28D,29D,30D,31D,32D,33D,34D. The summed E-state index contributed by atoms with van der Waals surface area (Å²) < 4.78 is 187. The number of rotatable bonds is 11. The van der Waals surface area contributed by atoms with Crippen LogP contribution in [-0.4, -0.2) is 17.2 Å². The molecule has 81 heavy (non-hydrogen) atoms. The molecule has 0 saturated carbocycles. The van der Waals surface area contributed by atoms with Gasteiger partial charge in [0.05, 0.1) is 60.9 Å². The van der Waals surface area contributed by atoms with E-state index in [2.05, 4.69) is 0 Å². The fourth-order valence-electron chi connectivity index (χ4n) is 12.1. The van der Waals surface area contributed by atoms with Crippen molar-refractivity contribution in [3.05, 3.63) is 327 Å². The Hall–Kier alpha value is -10.3. The molecule has 2 nitrogen and oxygen atoms in total. The van der Waals surface area contributed by atoms with E-state index in [9.17, 15) is 16.4 Å². The van der Waals surface area contributed by atoms with E-state index >= 15 is 0 Å². The number of fused-ring (bicyclic) bond motifs is 6. The first-order valence-corrected chi connectivity index (χ1v) is 28.4. The van der Waals surface area contributed by atoms with Crippen LogP contribution in [0.1, 0.15) is 27.4 Å². The fraction of sp³-hybridized carbons (Fsp3) is 0. The lowest BCUT2D eigenvalue weighted by molar-refractivity contribution is 1.18. The number of hydrogen-bond donors (Lipinski definition) is 0. The Bertz CT molecular complexity index is 5650. The Morgan fingerprint density at radius 3 is 0.938 bits per heavy atom. The van der Waals surface area contributed by atoms with E-state index < -0.39 is 129 Å². The minimum atomic E-state index is -3.73. The van der Waals surface area contributed by atoms with Gasteiger partial charge in [-0.15, -0.1) is 0 Å². The summed E-state index contributed by atoms with van der Waals surface area (Å²) in [7, 11) is -3.73. The molecule has 3 heteroatoms. The van der Waals surface area contributed by atoms with Gasteiger partial charge >= 0.3 is 0 Å². The molecule has 15 rings (SSSR count). The molecule has 0 aliphatic carbocycles. The van der Waals surface area contributed by atoms with Gasteiger partial charge in [-0.3, -0.25) is 0 Å². The quantitative estimate of drug-likeness (QED) is 0.0902. The summed E-state index contributed by atoms with van der Waals surface area (Å²) in [5.74, 6) is 0. The van der Waals surface area contributed by atoms with Crippen molar-refractivity contribution in [2.45, 2.75) is 0 Å². The maximum Gasteiger partial charge on any atom is 0.179 e. The first kappa shape index (κ1) is 31.3. The topological polar surface area (TPSA) is 9.86 Å². The van der Waals surface area contributed by atoms with Crippen LogP contribution in [-0.2, 0) is 0 Å². The third kappa shape index (κ3) is 8.00. The van der Waals surface area contributed by atoms with Gasteiger partial charge in [-0.2, -0.15) is 0 Å². The Balaban J connectivity index is 1.04. The molecule has 0 atom stereocenters. The first-order chi connectivity index (χ1) is 48.5. The Kier molecular flexibility index (Phi) is 7.79. The number of hydrogen-bond acceptors (Lipinski definition) is 0. The van der Waals surface area contributed by atoms with E-state index in [4.69, 9.17) is 11.0 Å². The first-order valence-electron chi connectivity index (χ1n) is 36.4. The summed E-state index contributed by atoms with van der Waals surface area (Å²) in [5, 5.41) is 6.03. The molecule has 0 aliphatic rings. The van der Waals surface area contributed by atoms with E-state index in [1.807, 2.05) is 197 Å². The second-order valence-corrected chi connectivity index (χ2v) is 23.4. The molecule has 0 N–H and O–H groups in total. The Morgan fingerprint density at radius 2 is 0.556 bits per heavy atom. The maximum absolute atomic E-state index is 9.85. The molecular formula is C78H54N2Si. The van der Waals surface area contributed by atoms with E-state index in [-0.39, 0.29) is 55.9 Å². The van der Waals surface area contributed by atoms with Crippen LogP contribution in [0.5, 0.6) is 0 Å². The van der Waals surface area contributed by atoms with Crippen LogP contribution in [0.25, 0.3) is 111 Å². The van der Waals surface area contributed by atoms with Crippen LogP contribution in [0.2, 0.25) is 0 Å². The highest BCUT2D eigenvalue weighted by atomic mass is 28.3. The van der Waals surface area contributed by atoms with E-state index in [0.29, 0.717) is 59.9 Å².